The summed E-state index contributed by atoms with van der Waals surface area (Å²) in [5.74, 6) is 1.18. The van der Waals surface area contributed by atoms with Gasteiger partial charge in [-0.2, -0.15) is 0 Å². The molecule has 0 aliphatic heterocycles. The second-order valence-electron chi connectivity index (χ2n) is 4.21. The summed E-state index contributed by atoms with van der Waals surface area (Å²) in [5, 5.41) is 6.09. The van der Waals surface area contributed by atoms with Gasteiger partial charge in [-0.3, -0.25) is 0 Å². The maximum Gasteiger partial charge on any atom is 0.231 e. The van der Waals surface area contributed by atoms with Crippen molar-refractivity contribution in [1.82, 2.24) is 5.16 Å². The third-order valence-corrected chi connectivity index (χ3v) is 3.81. The van der Waals surface area contributed by atoms with E-state index in [9.17, 15) is 0 Å². The maximum atomic E-state index is 5.90. The van der Waals surface area contributed by atoms with Crippen LogP contribution in [0.2, 0.25) is 0 Å². The van der Waals surface area contributed by atoms with E-state index < -0.39 is 0 Å². The highest BCUT2D eigenvalue weighted by molar-refractivity contribution is 7.13. The molecule has 102 valence electrons. The van der Waals surface area contributed by atoms with Crippen molar-refractivity contribution >= 4 is 17.2 Å². The third-order valence-electron chi connectivity index (χ3n) is 2.92. The average Bonchev–Trinajstić information content (AvgIpc) is 3.09. The van der Waals surface area contributed by atoms with Crippen LogP contribution in [-0.4, -0.2) is 11.8 Å². The minimum absolute atomic E-state index is 0.344. The average molecular weight is 286 g/mol. The Morgan fingerprint density at radius 1 is 1.25 bits per heavy atom. The molecule has 3 aromatic rings. The molecule has 4 nitrogen and oxygen atoms in total. The third kappa shape index (κ3) is 2.28. The first-order chi connectivity index (χ1) is 9.79. The highest BCUT2D eigenvalue weighted by Gasteiger charge is 2.18. The van der Waals surface area contributed by atoms with Crippen LogP contribution in [0.1, 0.15) is 6.92 Å². The van der Waals surface area contributed by atoms with Crippen LogP contribution >= 0.6 is 11.3 Å². The molecule has 2 aromatic heterocycles. The lowest BCUT2D eigenvalue weighted by Crippen LogP contribution is -1.91. The summed E-state index contributed by atoms with van der Waals surface area (Å²) >= 11 is 1.61. The smallest absolute Gasteiger partial charge is 0.231 e. The van der Waals surface area contributed by atoms with E-state index in [0.717, 1.165) is 27.4 Å². The lowest BCUT2D eigenvalue weighted by atomic mass is 10.1. The minimum Gasteiger partial charge on any atom is -0.494 e. The van der Waals surface area contributed by atoms with Crippen molar-refractivity contribution in [3.63, 3.8) is 0 Å². The van der Waals surface area contributed by atoms with E-state index in [1.54, 1.807) is 11.3 Å². The normalized spacial score (nSPS) is 10.7. The molecule has 0 unspecified atom stereocenters. The lowest BCUT2D eigenvalue weighted by molar-refractivity contribution is 0.340. The zero-order valence-electron chi connectivity index (χ0n) is 11.0. The van der Waals surface area contributed by atoms with Crippen LogP contribution in [-0.2, 0) is 0 Å². The molecule has 0 aliphatic carbocycles. The molecule has 3 rings (SSSR count). The first-order valence-corrected chi connectivity index (χ1v) is 7.20. The summed E-state index contributed by atoms with van der Waals surface area (Å²) in [4.78, 5) is 1.05. The van der Waals surface area contributed by atoms with Crippen molar-refractivity contribution in [1.29, 1.82) is 0 Å². The van der Waals surface area contributed by atoms with E-state index in [0.29, 0.717) is 12.5 Å². The molecule has 0 radical (unpaired) electrons. The summed E-state index contributed by atoms with van der Waals surface area (Å²) in [6.07, 6.45) is 0. The number of nitrogens with two attached hydrogens (primary N) is 1. The number of rotatable bonds is 4. The second-order valence-corrected chi connectivity index (χ2v) is 5.15. The van der Waals surface area contributed by atoms with Gasteiger partial charge < -0.3 is 15.0 Å². The van der Waals surface area contributed by atoms with Crippen molar-refractivity contribution in [2.45, 2.75) is 6.92 Å². The molecule has 20 heavy (non-hydrogen) atoms. The van der Waals surface area contributed by atoms with Gasteiger partial charge >= 0.3 is 0 Å². The molecular formula is C15H14N2O2S. The van der Waals surface area contributed by atoms with Gasteiger partial charge in [0.2, 0.25) is 5.88 Å². The van der Waals surface area contributed by atoms with Crippen LogP contribution in [0.5, 0.6) is 5.75 Å². The van der Waals surface area contributed by atoms with Crippen molar-refractivity contribution in [2.75, 3.05) is 12.3 Å². The fraction of sp³-hybridized carbons (Fsp3) is 0.133. The summed E-state index contributed by atoms with van der Waals surface area (Å²) < 4.78 is 10.6. The molecule has 0 saturated carbocycles. The Morgan fingerprint density at radius 2 is 2.05 bits per heavy atom. The topological polar surface area (TPSA) is 61.3 Å². The van der Waals surface area contributed by atoms with Crippen LogP contribution in [0.25, 0.3) is 21.7 Å². The number of nitrogens with zero attached hydrogens (tertiary/aromatic N) is 1. The summed E-state index contributed by atoms with van der Waals surface area (Å²) in [7, 11) is 0. The van der Waals surface area contributed by atoms with Gasteiger partial charge in [0.1, 0.15) is 11.4 Å². The van der Waals surface area contributed by atoms with E-state index in [1.165, 1.54) is 0 Å². The number of anilines is 1. The Hall–Kier alpha value is -2.27. The monoisotopic (exact) mass is 286 g/mol. The van der Waals surface area contributed by atoms with Crippen molar-refractivity contribution in [3.05, 3.63) is 41.8 Å². The predicted molar refractivity (Wildman–Crippen MR) is 80.8 cm³/mol. The Bertz CT molecular complexity index is 687. The molecule has 0 saturated heterocycles. The minimum atomic E-state index is 0.344. The van der Waals surface area contributed by atoms with Gasteiger partial charge in [0.05, 0.1) is 12.2 Å². The Kier molecular flexibility index (Phi) is 3.43. The molecule has 0 spiro atoms. The Balaban J connectivity index is 2.02. The summed E-state index contributed by atoms with van der Waals surface area (Å²) in [6, 6.07) is 11.7. The molecule has 0 atom stereocenters. The van der Waals surface area contributed by atoms with Gasteiger partial charge in [-0.05, 0) is 42.6 Å². The molecule has 2 N–H and O–H groups in total. The lowest BCUT2D eigenvalue weighted by Gasteiger charge is -2.04. The van der Waals surface area contributed by atoms with Crippen LogP contribution in [0, 0.1) is 0 Å². The number of nitrogen functional groups attached to an aromatic ring is 1. The Morgan fingerprint density at radius 3 is 2.70 bits per heavy atom. The van der Waals surface area contributed by atoms with Crippen molar-refractivity contribution < 1.29 is 9.26 Å². The zero-order chi connectivity index (χ0) is 13.9. The van der Waals surface area contributed by atoms with Crippen LogP contribution in [0.15, 0.2) is 46.3 Å². The maximum absolute atomic E-state index is 5.90. The number of benzene rings is 1. The van der Waals surface area contributed by atoms with E-state index >= 15 is 0 Å². The number of hydrogen-bond donors (Lipinski definition) is 1. The number of hydrogen-bond acceptors (Lipinski definition) is 5. The van der Waals surface area contributed by atoms with Crippen LogP contribution in [0.4, 0.5) is 5.88 Å². The standard InChI is InChI=1S/C15H14N2O2S/c1-2-18-11-7-5-10(6-8-11)14-13(15(16)19-17-14)12-4-3-9-20-12/h3-9H,2,16H2,1H3. The van der Waals surface area contributed by atoms with Crippen molar-refractivity contribution in [2.24, 2.45) is 0 Å². The molecule has 0 bridgehead atoms. The SMILES string of the molecule is CCOc1ccc(-c2noc(N)c2-c2cccs2)cc1. The van der Waals surface area contributed by atoms with E-state index in [2.05, 4.69) is 5.16 Å². The molecule has 2 heterocycles. The van der Waals surface area contributed by atoms with E-state index in [1.807, 2.05) is 48.7 Å². The van der Waals surface area contributed by atoms with E-state index in [-0.39, 0.29) is 0 Å². The fourth-order valence-corrected chi connectivity index (χ4v) is 2.81. The first-order valence-electron chi connectivity index (χ1n) is 6.32. The molecule has 0 amide bonds. The van der Waals surface area contributed by atoms with Gasteiger partial charge in [-0.25, -0.2) is 0 Å². The summed E-state index contributed by atoms with van der Waals surface area (Å²) in [5.41, 5.74) is 8.46. The van der Waals surface area contributed by atoms with E-state index in [4.69, 9.17) is 15.0 Å². The highest BCUT2D eigenvalue weighted by Crippen LogP contribution is 2.38. The van der Waals surface area contributed by atoms with Gasteiger partial charge in [0, 0.05) is 10.4 Å². The van der Waals surface area contributed by atoms with Gasteiger partial charge in [0.25, 0.3) is 0 Å². The fourth-order valence-electron chi connectivity index (χ4n) is 2.03. The molecular weight excluding hydrogens is 272 g/mol. The highest BCUT2D eigenvalue weighted by atomic mass is 32.1. The van der Waals surface area contributed by atoms with Crippen LogP contribution < -0.4 is 10.5 Å². The molecule has 0 aliphatic rings. The number of ether oxygens (including phenoxy) is 1. The largest absolute Gasteiger partial charge is 0.494 e. The number of thiophene rings is 1. The van der Waals surface area contributed by atoms with Crippen molar-refractivity contribution in [3.8, 4) is 27.4 Å². The van der Waals surface area contributed by atoms with Gasteiger partial charge in [0.15, 0.2) is 0 Å². The van der Waals surface area contributed by atoms with Crippen LogP contribution in [0.3, 0.4) is 0 Å². The molecule has 0 fully saturated rings. The predicted octanol–water partition coefficient (Wildman–Crippen LogP) is 4.05. The number of aromatic nitrogens is 1. The summed E-state index contributed by atoms with van der Waals surface area (Å²) in [6.45, 7) is 2.61. The molecule has 1 aromatic carbocycles. The quantitative estimate of drug-likeness (QED) is 0.786. The van der Waals surface area contributed by atoms with Gasteiger partial charge in [-0.15, -0.1) is 11.3 Å². The molecule has 5 heteroatoms. The Labute approximate surface area is 120 Å². The van der Waals surface area contributed by atoms with Gasteiger partial charge in [-0.1, -0.05) is 11.2 Å². The second kappa shape index (κ2) is 5.38. The first kappa shape index (κ1) is 12.7. The zero-order valence-corrected chi connectivity index (χ0v) is 11.8.